The molecular formula is C17H24Cl2O. The summed E-state index contributed by atoms with van der Waals surface area (Å²) in [6, 6.07) is 5.83. The molecule has 1 aliphatic carbocycles. The van der Waals surface area contributed by atoms with Gasteiger partial charge in [-0.1, -0.05) is 62.4 Å². The highest BCUT2D eigenvalue weighted by molar-refractivity contribution is 6.42. The van der Waals surface area contributed by atoms with Crippen LogP contribution in [-0.2, 0) is 5.41 Å². The Balaban J connectivity index is 2.22. The van der Waals surface area contributed by atoms with Crippen molar-refractivity contribution in [2.75, 3.05) is 0 Å². The first-order valence-electron chi connectivity index (χ1n) is 7.67. The van der Waals surface area contributed by atoms with Crippen LogP contribution in [0, 0.1) is 5.92 Å². The zero-order valence-corrected chi connectivity index (χ0v) is 13.8. The van der Waals surface area contributed by atoms with Crippen LogP contribution in [0.4, 0.5) is 0 Å². The molecule has 1 fully saturated rings. The molecule has 1 N–H and O–H groups in total. The number of halogens is 2. The Kier molecular flexibility index (Phi) is 5.39. The van der Waals surface area contributed by atoms with Gasteiger partial charge in [0.05, 0.1) is 16.1 Å². The fourth-order valence-electron chi connectivity index (χ4n) is 3.34. The molecule has 0 radical (unpaired) electrons. The van der Waals surface area contributed by atoms with Gasteiger partial charge >= 0.3 is 0 Å². The molecule has 112 valence electrons. The minimum atomic E-state index is -0.279. The van der Waals surface area contributed by atoms with E-state index in [0.717, 1.165) is 37.7 Å². The summed E-state index contributed by atoms with van der Waals surface area (Å²) in [5, 5.41) is 12.0. The smallest absolute Gasteiger partial charge is 0.0639 e. The second-order valence-electron chi connectivity index (χ2n) is 6.07. The molecular weight excluding hydrogens is 291 g/mol. The highest BCUT2D eigenvalue weighted by Crippen LogP contribution is 2.49. The standard InChI is InChI=1S/C17H24Cl2O/c1-3-12(4-2)10-16(20)17(8-5-9-17)13-6-7-14(18)15(19)11-13/h6-7,11-12,16,20H,3-5,8-10H2,1-2H3. The van der Waals surface area contributed by atoms with Gasteiger partial charge < -0.3 is 5.11 Å². The molecule has 0 saturated heterocycles. The van der Waals surface area contributed by atoms with E-state index in [1.54, 1.807) is 0 Å². The number of rotatable bonds is 6. The van der Waals surface area contributed by atoms with E-state index in [0.29, 0.717) is 16.0 Å². The summed E-state index contributed by atoms with van der Waals surface area (Å²) in [5.41, 5.74) is 1.05. The van der Waals surface area contributed by atoms with Crippen molar-refractivity contribution in [3.8, 4) is 0 Å². The van der Waals surface area contributed by atoms with Crippen LogP contribution in [0.2, 0.25) is 10.0 Å². The summed E-state index contributed by atoms with van der Waals surface area (Å²) in [5.74, 6) is 0.602. The Morgan fingerprint density at radius 2 is 1.80 bits per heavy atom. The van der Waals surface area contributed by atoms with Gasteiger partial charge in [0.15, 0.2) is 0 Å². The highest BCUT2D eigenvalue weighted by Gasteiger charge is 2.45. The fourth-order valence-corrected chi connectivity index (χ4v) is 3.64. The number of aliphatic hydroxyl groups excluding tert-OH is 1. The van der Waals surface area contributed by atoms with E-state index in [4.69, 9.17) is 23.2 Å². The first-order valence-corrected chi connectivity index (χ1v) is 8.42. The van der Waals surface area contributed by atoms with Crippen molar-refractivity contribution in [3.05, 3.63) is 33.8 Å². The van der Waals surface area contributed by atoms with Crippen LogP contribution in [0.25, 0.3) is 0 Å². The van der Waals surface area contributed by atoms with E-state index in [9.17, 15) is 5.11 Å². The summed E-state index contributed by atoms with van der Waals surface area (Å²) in [6.07, 6.45) is 6.14. The van der Waals surface area contributed by atoms with Crippen LogP contribution < -0.4 is 0 Å². The van der Waals surface area contributed by atoms with E-state index in [1.807, 2.05) is 18.2 Å². The third-order valence-corrected chi connectivity index (χ3v) is 5.83. The van der Waals surface area contributed by atoms with Gasteiger partial charge in [-0.15, -0.1) is 0 Å². The highest BCUT2D eigenvalue weighted by atomic mass is 35.5. The average molecular weight is 315 g/mol. The van der Waals surface area contributed by atoms with Crippen LogP contribution in [-0.4, -0.2) is 11.2 Å². The monoisotopic (exact) mass is 314 g/mol. The third kappa shape index (κ3) is 3.00. The Hall–Kier alpha value is -0.240. The maximum atomic E-state index is 10.8. The van der Waals surface area contributed by atoms with Crippen LogP contribution in [0.1, 0.15) is 57.9 Å². The van der Waals surface area contributed by atoms with Crippen LogP contribution in [0.5, 0.6) is 0 Å². The minimum absolute atomic E-state index is 0.100. The molecule has 0 spiro atoms. The molecule has 1 aliphatic rings. The van der Waals surface area contributed by atoms with E-state index >= 15 is 0 Å². The lowest BCUT2D eigenvalue weighted by Crippen LogP contribution is -2.46. The zero-order valence-electron chi connectivity index (χ0n) is 12.3. The van der Waals surface area contributed by atoms with Crippen molar-refractivity contribution in [2.24, 2.45) is 5.92 Å². The van der Waals surface area contributed by atoms with Gasteiger partial charge in [0.25, 0.3) is 0 Å². The van der Waals surface area contributed by atoms with E-state index < -0.39 is 0 Å². The molecule has 2 rings (SSSR count). The van der Waals surface area contributed by atoms with Gasteiger partial charge in [-0.25, -0.2) is 0 Å². The molecule has 1 atom stereocenters. The SMILES string of the molecule is CCC(CC)CC(O)C1(c2ccc(Cl)c(Cl)c2)CCC1. The summed E-state index contributed by atoms with van der Waals surface area (Å²) in [7, 11) is 0. The van der Waals surface area contributed by atoms with Crippen LogP contribution in [0.3, 0.4) is 0 Å². The lowest BCUT2D eigenvalue weighted by atomic mass is 9.59. The van der Waals surface area contributed by atoms with Crippen LogP contribution in [0.15, 0.2) is 18.2 Å². The summed E-state index contributed by atoms with van der Waals surface area (Å²) in [4.78, 5) is 0. The van der Waals surface area contributed by atoms with E-state index in [-0.39, 0.29) is 11.5 Å². The first-order chi connectivity index (χ1) is 9.53. The first kappa shape index (κ1) is 16.1. The van der Waals surface area contributed by atoms with Crippen molar-refractivity contribution in [2.45, 2.75) is 63.9 Å². The number of hydrogen-bond donors (Lipinski definition) is 1. The predicted molar refractivity (Wildman–Crippen MR) is 86.7 cm³/mol. The predicted octanol–water partition coefficient (Wildman–Crippen LogP) is 5.60. The lowest BCUT2D eigenvalue weighted by molar-refractivity contribution is 0.0100. The van der Waals surface area contributed by atoms with Crippen molar-refractivity contribution in [3.63, 3.8) is 0 Å². The Labute approximate surface area is 132 Å². The maximum Gasteiger partial charge on any atom is 0.0639 e. The number of aliphatic hydroxyl groups is 1. The molecule has 1 unspecified atom stereocenters. The summed E-state index contributed by atoms with van der Waals surface area (Å²) >= 11 is 12.2. The molecule has 0 amide bonds. The Bertz CT molecular complexity index is 450. The van der Waals surface area contributed by atoms with Crippen molar-refractivity contribution < 1.29 is 5.11 Å². The molecule has 1 aromatic carbocycles. The van der Waals surface area contributed by atoms with Gasteiger partial charge in [0, 0.05) is 5.41 Å². The maximum absolute atomic E-state index is 10.8. The van der Waals surface area contributed by atoms with Gasteiger partial charge in [0.2, 0.25) is 0 Å². The van der Waals surface area contributed by atoms with Crippen molar-refractivity contribution in [1.82, 2.24) is 0 Å². The largest absolute Gasteiger partial charge is 0.392 e. The Morgan fingerprint density at radius 1 is 1.15 bits per heavy atom. The van der Waals surface area contributed by atoms with Crippen LogP contribution >= 0.6 is 23.2 Å². The molecule has 20 heavy (non-hydrogen) atoms. The average Bonchev–Trinajstić information content (AvgIpc) is 2.38. The molecule has 0 heterocycles. The number of benzene rings is 1. The quantitative estimate of drug-likeness (QED) is 0.724. The van der Waals surface area contributed by atoms with E-state index in [2.05, 4.69) is 13.8 Å². The molecule has 0 bridgehead atoms. The molecule has 0 aliphatic heterocycles. The third-order valence-electron chi connectivity index (χ3n) is 5.09. The lowest BCUT2D eigenvalue weighted by Gasteiger charge is -2.47. The molecule has 1 saturated carbocycles. The molecule has 0 aromatic heterocycles. The molecule has 1 aromatic rings. The normalized spacial score (nSPS) is 18.9. The van der Waals surface area contributed by atoms with Gasteiger partial charge in [-0.2, -0.15) is 0 Å². The van der Waals surface area contributed by atoms with Crippen molar-refractivity contribution >= 4 is 23.2 Å². The fraction of sp³-hybridized carbons (Fsp3) is 0.647. The second kappa shape index (κ2) is 6.68. The topological polar surface area (TPSA) is 20.2 Å². The second-order valence-corrected chi connectivity index (χ2v) is 6.89. The summed E-state index contributed by atoms with van der Waals surface area (Å²) < 4.78 is 0. The Morgan fingerprint density at radius 3 is 2.25 bits per heavy atom. The zero-order chi connectivity index (χ0) is 14.8. The van der Waals surface area contributed by atoms with Gasteiger partial charge in [-0.3, -0.25) is 0 Å². The van der Waals surface area contributed by atoms with Gasteiger partial charge in [-0.05, 0) is 42.9 Å². The number of hydrogen-bond acceptors (Lipinski definition) is 1. The minimum Gasteiger partial charge on any atom is -0.392 e. The molecule has 3 heteroatoms. The molecule has 1 nitrogen and oxygen atoms in total. The van der Waals surface area contributed by atoms with Gasteiger partial charge in [0.1, 0.15) is 0 Å². The van der Waals surface area contributed by atoms with E-state index in [1.165, 1.54) is 6.42 Å². The summed E-state index contributed by atoms with van der Waals surface area (Å²) in [6.45, 7) is 4.40. The van der Waals surface area contributed by atoms with Crippen molar-refractivity contribution in [1.29, 1.82) is 0 Å².